The molecule has 41 heavy (non-hydrogen) atoms. The molecule has 0 atom stereocenters. The highest BCUT2D eigenvalue weighted by molar-refractivity contribution is 6.18. The number of fused-ring (bicyclic) bond motifs is 2. The van der Waals surface area contributed by atoms with Crippen LogP contribution in [0.1, 0.15) is 5.56 Å². The van der Waals surface area contributed by atoms with Crippen molar-refractivity contribution in [1.29, 1.82) is 0 Å². The number of ether oxygens (including phenoxy) is 2. The summed E-state index contributed by atoms with van der Waals surface area (Å²) in [6.07, 6.45) is -0.586. The Morgan fingerprint density at radius 2 is 1.59 bits per heavy atom. The fourth-order valence-corrected chi connectivity index (χ4v) is 5.22. The van der Waals surface area contributed by atoms with E-state index in [1.165, 1.54) is 0 Å². The molecule has 2 N–H and O–H groups in total. The Hall–Kier alpha value is -4.20. The maximum Gasteiger partial charge on any atom is 0.417 e. The van der Waals surface area contributed by atoms with E-state index in [1.54, 1.807) is 19.2 Å². The molecule has 5 aromatic rings. The van der Waals surface area contributed by atoms with Gasteiger partial charge in [0.05, 0.1) is 18.3 Å². The van der Waals surface area contributed by atoms with E-state index in [-0.39, 0.29) is 0 Å². The van der Waals surface area contributed by atoms with E-state index in [0.29, 0.717) is 42.0 Å². The van der Waals surface area contributed by atoms with Gasteiger partial charge in [0.15, 0.2) is 0 Å². The number of methoxy groups -OCH3 is 1. The van der Waals surface area contributed by atoms with Gasteiger partial charge in [-0.25, -0.2) is 9.78 Å². The molecule has 0 bridgehead atoms. The van der Waals surface area contributed by atoms with Gasteiger partial charge < -0.3 is 19.7 Å². The van der Waals surface area contributed by atoms with Crippen molar-refractivity contribution in [3.8, 4) is 11.5 Å². The monoisotopic (exact) mass is 588 g/mol. The topological polar surface area (TPSA) is 75.7 Å². The molecule has 4 aromatic carbocycles. The second-order valence-electron chi connectivity index (χ2n) is 9.45. The minimum absolute atomic E-state index is 0.428. The maximum atomic E-state index is 12.8. The lowest BCUT2D eigenvalue weighted by Crippen LogP contribution is -2.27. The number of nitrogens with one attached hydrogen (secondary N) is 2. The predicted octanol–water partition coefficient (Wildman–Crippen LogP) is 8.34. The number of halogens is 2. The number of rotatable bonds is 10. The van der Waals surface area contributed by atoms with Gasteiger partial charge in [-0.1, -0.05) is 30.3 Å². The van der Waals surface area contributed by atoms with E-state index >= 15 is 0 Å². The Morgan fingerprint density at radius 3 is 2.32 bits per heavy atom. The molecule has 0 aliphatic heterocycles. The third-order valence-electron chi connectivity index (χ3n) is 6.61. The van der Waals surface area contributed by atoms with Crippen LogP contribution in [0.15, 0.2) is 84.9 Å². The van der Waals surface area contributed by atoms with Crippen molar-refractivity contribution < 1.29 is 14.3 Å². The number of hydrogen-bond donors (Lipinski definition) is 2. The Morgan fingerprint density at radius 1 is 0.878 bits per heavy atom. The summed E-state index contributed by atoms with van der Waals surface area (Å²) >= 11 is 11.8. The van der Waals surface area contributed by atoms with Crippen molar-refractivity contribution in [2.45, 2.75) is 6.92 Å². The van der Waals surface area contributed by atoms with E-state index in [9.17, 15) is 4.79 Å². The second kappa shape index (κ2) is 13.0. The van der Waals surface area contributed by atoms with Crippen LogP contribution in [0.4, 0.5) is 27.5 Å². The molecule has 0 saturated carbocycles. The van der Waals surface area contributed by atoms with Gasteiger partial charge >= 0.3 is 6.09 Å². The summed E-state index contributed by atoms with van der Waals surface area (Å²) in [5.41, 5.74) is 5.86. The van der Waals surface area contributed by atoms with Crippen molar-refractivity contribution in [3.05, 3.63) is 90.5 Å². The van der Waals surface area contributed by atoms with E-state index in [0.717, 1.165) is 44.4 Å². The quantitative estimate of drug-likeness (QED) is 0.126. The Bertz CT molecular complexity index is 1670. The first-order chi connectivity index (χ1) is 20.0. The summed E-state index contributed by atoms with van der Waals surface area (Å²) in [5, 5.41) is 8.32. The largest absolute Gasteiger partial charge is 0.494 e. The minimum Gasteiger partial charge on any atom is -0.494 e. The lowest BCUT2D eigenvalue weighted by atomic mass is 10.1. The average Bonchev–Trinajstić information content (AvgIpc) is 2.97. The lowest BCUT2D eigenvalue weighted by molar-refractivity contribution is 0.215. The number of anilines is 4. The molecule has 5 rings (SSSR count). The summed E-state index contributed by atoms with van der Waals surface area (Å²) in [6.45, 7) is 3.33. The van der Waals surface area contributed by atoms with Crippen LogP contribution in [0.3, 0.4) is 0 Å². The zero-order valence-corrected chi connectivity index (χ0v) is 24.3. The third-order valence-corrected chi connectivity index (χ3v) is 6.95. The number of aromatic nitrogens is 1. The van der Waals surface area contributed by atoms with Gasteiger partial charge in [0.25, 0.3) is 0 Å². The van der Waals surface area contributed by atoms with Crippen molar-refractivity contribution in [2.24, 2.45) is 0 Å². The number of aryl methyl sites for hydroxylation is 1. The normalized spacial score (nSPS) is 10.9. The molecule has 0 fully saturated rings. The van der Waals surface area contributed by atoms with Gasteiger partial charge in [-0.05, 0) is 67.1 Å². The Balaban J connectivity index is 1.37. The van der Waals surface area contributed by atoms with Crippen LogP contribution >= 0.6 is 23.2 Å². The molecule has 0 saturated heterocycles. The zero-order valence-electron chi connectivity index (χ0n) is 22.8. The highest BCUT2D eigenvalue weighted by atomic mass is 35.5. The highest BCUT2D eigenvalue weighted by Crippen LogP contribution is 2.37. The molecule has 0 spiro atoms. The molecule has 0 aliphatic carbocycles. The molecule has 0 radical (unpaired) electrons. The van der Waals surface area contributed by atoms with Crippen LogP contribution in [-0.4, -0.2) is 43.0 Å². The molecule has 1 aromatic heterocycles. The molecule has 0 unspecified atom stereocenters. The summed E-state index contributed by atoms with van der Waals surface area (Å²) in [6, 6.07) is 26.9. The number of hydrogen-bond acceptors (Lipinski definition) is 6. The molecule has 1 heterocycles. The van der Waals surface area contributed by atoms with Crippen LogP contribution in [0.5, 0.6) is 11.5 Å². The number of carbonyl (C=O) groups is 1. The Labute approximate surface area is 249 Å². The number of carbonyl (C=O) groups excluding carboxylic acids is 1. The summed E-state index contributed by atoms with van der Waals surface area (Å²) in [7, 11) is 1.64. The van der Waals surface area contributed by atoms with Crippen LogP contribution in [0.25, 0.3) is 21.8 Å². The van der Waals surface area contributed by atoms with Crippen molar-refractivity contribution in [3.63, 3.8) is 0 Å². The molecule has 1 amide bonds. The number of benzene rings is 4. The fourth-order valence-electron chi connectivity index (χ4n) is 4.81. The van der Waals surface area contributed by atoms with Crippen molar-refractivity contribution in [1.82, 2.24) is 4.98 Å². The number of amides is 1. The predicted molar refractivity (Wildman–Crippen MR) is 170 cm³/mol. The van der Waals surface area contributed by atoms with Crippen LogP contribution in [0.2, 0.25) is 0 Å². The smallest absolute Gasteiger partial charge is 0.417 e. The van der Waals surface area contributed by atoms with Gasteiger partial charge in [0, 0.05) is 52.7 Å². The van der Waals surface area contributed by atoms with E-state index < -0.39 is 6.09 Å². The van der Waals surface area contributed by atoms with Gasteiger partial charge in [-0.15, -0.1) is 23.2 Å². The second-order valence-corrected chi connectivity index (χ2v) is 10.2. The van der Waals surface area contributed by atoms with Crippen molar-refractivity contribution in [2.75, 3.05) is 47.5 Å². The number of alkyl halides is 2. The first kappa shape index (κ1) is 28.3. The van der Waals surface area contributed by atoms with Gasteiger partial charge in [-0.2, -0.15) is 0 Å². The molecular formula is C32H30Cl2N4O3. The van der Waals surface area contributed by atoms with Crippen molar-refractivity contribution >= 4 is 73.9 Å². The number of pyridine rings is 1. The van der Waals surface area contributed by atoms with E-state index in [4.69, 9.17) is 37.7 Å². The summed E-state index contributed by atoms with van der Waals surface area (Å²) in [4.78, 5) is 19.7. The Kier molecular flexibility index (Phi) is 8.97. The minimum atomic E-state index is -0.586. The SMILES string of the molecule is COc1cccc2c(Nc3cc(C)cc(NC(=O)Oc4ccc(N(CCCl)CCCl)cc4)c3)c3ccccc3nc12. The third kappa shape index (κ3) is 6.59. The van der Waals surface area contributed by atoms with Gasteiger partial charge in [0.1, 0.15) is 17.0 Å². The van der Waals surface area contributed by atoms with E-state index in [2.05, 4.69) is 15.5 Å². The first-order valence-corrected chi connectivity index (χ1v) is 14.3. The molecule has 7 nitrogen and oxygen atoms in total. The van der Waals surface area contributed by atoms with Crippen LogP contribution < -0.4 is 25.0 Å². The fraction of sp³-hybridized carbons (Fsp3) is 0.188. The summed E-state index contributed by atoms with van der Waals surface area (Å²) < 4.78 is 11.1. The molecule has 9 heteroatoms. The standard InChI is InChI=1S/C32H30Cl2N4O3/c1-21-18-22(35-30-26-6-3-4-8-28(26)37-31-27(30)7-5-9-29(31)40-2)20-23(19-21)36-32(39)41-25-12-10-24(11-13-25)38(16-14-33)17-15-34/h3-13,18-20H,14-17H2,1-2H3,(H,35,37)(H,36,39). The maximum absolute atomic E-state index is 12.8. The number of nitrogens with zero attached hydrogens (tertiary/aromatic N) is 2. The highest BCUT2D eigenvalue weighted by Gasteiger charge is 2.14. The van der Waals surface area contributed by atoms with Gasteiger partial charge in [0.2, 0.25) is 0 Å². The van der Waals surface area contributed by atoms with Gasteiger partial charge in [-0.3, -0.25) is 5.32 Å². The van der Waals surface area contributed by atoms with Crippen LogP contribution in [-0.2, 0) is 0 Å². The molecular weight excluding hydrogens is 559 g/mol. The lowest BCUT2D eigenvalue weighted by Gasteiger charge is -2.22. The number of para-hydroxylation sites is 2. The molecule has 0 aliphatic rings. The average molecular weight is 590 g/mol. The zero-order chi connectivity index (χ0) is 28.8. The summed E-state index contributed by atoms with van der Waals surface area (Å²) in [5.74, 6) is 2.11. The van der Waals surface area contributed by atoms with E-state index in [1.807, 2.05) is 79.7 Å². The van der Waals surface area contributed by atoms with Crippen LogP contribution in [0, 0.1) is 6.92 Å². The molecule has 210 valence electrons. The first-order valence-electron chi connectivity index (χ1n) is 13.2.